The van der Waals surface area contributed by atoms with E-state index in [0.717, 1.165) is 12.1 Å². The monoisotopic (exact) mass is 410 g/mol. The lowest BCUT2D eigenvalue weighted by Crippen LogP contribution is -2.44. The van der Waals surface area contributed by atoms with Crippen LogP contribution in [-0.4, -0.2) is 31.1 Å². The highest BCUT2D eigenvalue weighted by Gasteiger charge is 2.37. The van der Waals surface area contributed by atoms with E-state index in [-0.39, 0.29) is 36.4 Å². The van der Waals surface area contributed by atoms with E-state index in [1.807, 2.05) is 0 Å². The van der Waals surface area contributed by atoms with Gasteiger partial charge in [-0.2, -0.15) is 26.3 Å². The minimum Gasteiger partial charge on any atom is -0.314 e. The maximum atomic E-state index is 12.9. The zero-order chi connectivity index (χ0) is 17.3. The quantitative estimate of drug-likeness (QED) is 0.573. The second-order valence-corrected chi connectivity index (χ2v) is 5.31. The summed E-state index contributed by atoms with van der Waals surface area (Å²) in [6.07, 6.45) is -8.31. The summed E-state index contributed by atoms with van der Waals surface area (Å²) in [6.45, 7) is 5.86. The molecule has 1 fully saturated rings. The van der Waals surface area contributed by atoms with Gasteiger partial charge >= 0.3 is 12.4 Å². The van der Waals surface area contributed by atoms with Gasteiger partial charge in [-0.3, -0.25) is 4.90 Å². The first-order valence-electron chi connectivity index (χ1n) is 6.99. The maximum Gasteiger partial charge on any atom is 0.416 e. The van der Waals surface area contributed by atoms with Crippen molar-refractivity contribution in [3.63, 3.8) is 0 Å². The number of piperazine rings is 1. The van der Waals surface area contributed by atoms with Gasteiger partial charge in [0.05, 0.1) is 17.2 Å². The molecule has 0 aliphatic carbocycles. The van der Waals surface area contributed by atoms with E-state index in [1.165, 1.54) is 6.08 Å². The van der Waals surface area contributed by atoms with Crippen LogP contribution in [-0.2, 0) is 12.4 Å². The van der Waals surface area contributed by atoms with Gasteiger partial charge in [-0.25, -0.2) is 0 Å². The number of nitrogens with one attached hydrogen (secondary N) is 1. The van der Waals surface area contributed by atoms with E-state index >= 15 is 0 Å². The van der Waals surface area contributed by atoms with Crippen LogP contribution >= 0.6 is 24.8 Å². The van der Waals surface area contributed by atoms with Crippen LogP contribution in [0.5, 0.6) is 0 Å². The second-order valence-electron chi connectivity index (χ2n) is 5.31. The van der Waals surface area contributed by atoms with Gasteiger partial charge in [-0.1, -0.05) is 6.08 Å². The summed E-state index contributed by atoms with van der Waals surface area (Å²) in [5.41, 5.74) is -2.65. The third-order valence-electron chi connectivity index (χ3n) is 3.72. The van der Waals surface area contributed by atoms with Crippen molar-refractivity contribution in [2.45, 2.75) is 18.4 Å². The Morgan fingerprint density at radius 1 is 0.920 bits per heavy atom. The fraction of sp³-hybridized carbons (Fsp3) is 0.467. The molecule has 0 spiro atoms. The predicted octanol–water partition coefficient (Wildman–Crippen LogP) is 4.70. The summed E-state index contributed by atoms with van der Waals surface area (Å²) in [5.74, 6) is 0. The standard InChI is InChI=1S/C15H16F6N2.2ClH/c1-2-13(23-5-3-22-4-6-23)10-7-11(14(16,17)18)9-12(8-10)15(19,20)21;;/h2,7-9,13,22H,1,3-6H2;2*1H/t13-;;/m0../s1. The van der Waals surface area contributed by atoms with Crippen molar-refractivity contribution >= 4 is 24.8 Å². The Hall–Kier alpha value is -0.960. The normalized spacial score (nSPS) is 17.2. The third kappa shape index (κ3) is 6.06. The summed E-state index contributed by atoms with van der Waals surface area (Å²) in [4.78, 5) is 1.80. The predicted molar refractivity (Wildman–Crippen MR) is 88.3 cm³/mol. The Kier molecular flexibility index (Phi) is 8.77. The summed E-state index contributed by atoms with van der Waals surface area (Å²) in [6, 6.07) is 0.981. The highest BCUT2D eigenvalue weighted by atomic mass is 35.5. The molecule has 2 nitrogen and oxygen atoms in total. The largest absolute Gasteiger partial charge is 0.416 e. The van der Waals surface area contributed by atoms with Crippen molar-refractivity contribution in [3.8, 4) is 0 Å². The molecular formula is C15H18Cl2F6N2. The zero-order valence-corrected chi connectivity index (χ0v) is 14.6. The van der Waals surface area contributed by atoms with E-state index in [0.29, 0.717) is 26.2 Å². The second kappa shape index (κ2) is 9.12. The van der Waals surface area contributed by atoms with E-state index in [2.05, 4.69) is 11.9 Å². The number of rotatable bonds is 3. The Bertz CT molecular complexity index is 536. The van der Waals surface area contributed by atoms with Crippen molar-refractivity contribution in [1.29, 1.82) is 0 Å². The van der Waals surface area contributed by atoms with Crippen LogP contribution < -0.4 is 5.32 Å². The molecule has 1 aliphatic heterocycles. The lowest BCUT2D eigenvalue weighted by molar-refractivity contribution is -0.143. The molecular weight excluding hydrogens is 393 g/mol. The molecule has 1 N–H and O–H groups in total. The Morgan fingerprint density at radius 3 is 1.72 bits per heavy atom. The average molecular weight is 411 g/mol. The number of halogens is 8. The van der Waals surface area contributed by atoms with Gasteiger partial charge in [0, 0.05) is 26.2 Å². The van der Waals surface area contributed by atoms with Gasteiger partial charge in [0.15, 0.2) is 0 Å². The van der Waals surface area contributed by atoms with Gasteiger partial charge in [-0.15, -0.1) is 31.4 Å². The lowest BCUT2D eigenvalue weighted by atomic mass is 9.98. The fourth-order valence-electron chi connectivity index (χ4n) is 2.61. The molecule has 10 heteroatoms. The SMILES string of the molecule is C=C[C@@H](c1cc(C(F)(F)F)cc(C(F)(F)F)c1)N1CCNCC1.Cl.Cl. The first-order chi connectivity index (χ1) is 10.6. The van der Waals surface area contributed by atoms with Crippen LogP contribution in [0.15, 0.2) is 30.9 Å². The average Bonchev–Trinajstić information content (AvgIpc) is 2.47. The zero-order valence-electron chi connectivity index (χ0n) is 13.0. The Morgan fingerprint density at radius 2 is 1.36 bits per heavy atom. The molecule has 25 heavy (non-hydrogen) atoms. The highest BCUT2D eigenvalue weighted by molar-refractivity contribution is 5.85. The number of alkyl halides is 6. The summed E-state index contributed by atoms with van der Waals surface area (Å²) >= 11 is 0. The van der Waals surface area contributed by atoms with Crippen LogP contribution in [0.3, 0.4) is 0 Å². The number of nitrogens with zero attached hydrogens (tertiary/aromatic N) is 1. The number of hydrogen-bond acceptors (Lipinski definition) is 2. The van der Waals surface area contributed by atoms with Crippen molar-refractivity contribution in [3.05, 3.63) is 47.5 Å². The van der Waals surface area contributed by atoms with Gasteiger partial charge in [-0.05, 0) is 23.8 Å². The fourth-order valence-corrected chi connectivity index (χ4v) is 2.61. The molecule has 0 unspecified atom stereocenters. The number of hydrogen-bond donors (Lipinski definition) is 1. The molecule has 1 atom stereocenters. The molecule has 1 heterocycles. The van der Waals surface area contributed by atoms with E-state index in [9.17, 15) is 26.3 Å². The number of benzene rings is 1. The Balaban J connectivity index is 0.00000288. The van der Waals surface area contributed by atoms with E-state index in [1.54, 1.807) is 4.90 Å². The summed E-state index contributed by atoms with van der Waals surface area (Å²) < 4.78 is 77.6. The molecule has 1 aliphatic rings. The van der Waals surface area contributed by atoms with Gasteiger partial charge in [0.25, 0.3) is 0 Å². The van der Waals surface area contributed by atoms with E-state index < -0.39 is 29.5 Å². The molecule has 0 amide bonds. The Labute approximate surface area is 154 Å². The molecule has 144 valence electrons. The first-order valence-corrected chi connectivity index (χ1v) is 6.99. The van der Waals surface area contributed by atoms with Crippen molar-refractivity contribution in [1.82, 2.24) is 10.2 Å². The van der Waals surface area contributed by atoms with Crippen molar-refractivity contribution < 1.29 is 26.3 Å². The van der Waals surface area contributed by atoms with Crippen LogP contribution in [0.1, 0.15) is 22.7 Å². The molecule has 1 aromatic rings. The maximum absolute atomic E-state index is 12.9. The van der Waals surface area contributed by atoms with Crippen LogP contribution in [0, 0.1) is 0 Å². The van der Waals surface area contributed by atoms with Crippen molar-refractivity contribution in [2.24, 2.45) is 0 Å². The molecule has 2 rings (SSSR count). The summed E-state index contributed by atoms with van der Waals surface area (Å²) in [5, 5.41) is 3.08. The molecule has 0 saturated carbocycles. The van der Waals surface area contributed by atoms with Crippen LogP contribution in [0.2, 0.25) is 0 Å². The third-order valence-corrected chi connectivity index (χ3v) is 3.72. The topological polar surface area (TPSA) is 15.3 Å². The highest BCUT2D eigenvalue weighted by Crippen LogP contribution is 2.38. The van der Waals surface area contributed by atoms with Crippen molar-refractivity contribution in [2.75, 3.05) is 26.2 Å². The van der Waals surface area contributed by atoms with Crippen LogP contribution in [0.4, 0.5) is 26.3 Å². The van der Waals surface area contributed by atoms with Gasteiger partial charge < -0.3 is 5.32 Å². The smallest absolute Gasteiger partial charge is 0.314 e. The molecule has 0 bridgehead atoms. The van der Waals surface area contributed by atoms with Gasteiger partial charge in [0.2, 0.25) is 0 Å². The minimum absolute atomic E-state index is 0. The molecule has 1 saturated heterocycles. The molecule has 0 aromatic heterocycles. The first kappa shape index (κ1) is 24.0. The van der Waals surface area contributed by atoms with E-state index in [4.69, 9.17) is 0 Å². The molecule has 0 radical (unpaired) electrons. The lowest BCUT2D eigenvalue weighted by Gasteiger charge is -2.34. The van der Waals surface area contributed by atoms with Gasteiger partial charge in [0.1, 0.15) is 0 Å². The minimum atomic E-state index is -4.84. The molecule has 1 aromatic carbocycles. The van der Waals surface area contributed by atoms with Crippen LogP contribution in [0.25, 0.3) is 0 Å². The summed E-state index contributed by atoms with van der Waals surface area (Å²) in [7, 11) is 0.